The fraction of sp³-hybridized carbons (Fsp3) is 0.579. The molecule has 1 aromatic heterocycles. The topological polar surface area (TPSA) is 108 Å². The van der Waals surface area contributed by atoms with Gasteiger partial charge in [-0.25, -0.2) is 4.98 Å². The van der Waals surface area contributed by atoms with Crippen LogP contribution in [0.2, 0.25) is 0 Å². The lowest BCUT2D eigenvalue weighted by Gasteiger charge is -2.12. The van der Waals surface area contributed by atoms with Gasteiger partial charge in [-0.3, -0.25) is 14.4 Å². The molecule has 2 amide bonds. The molecule has 1 rings (SSSR count). The number of carboxylic acid groups (broad SMARTS) is 1. The molecule has 1 aromatic rings. The van der Waals surface area contributed by atoms with Gasteiger partial charge in [0, 0.05) is 19.5 Å². The lowest BCUT2D eigenvalue weighted by Crippen LogP contribution is -2.29. The molecular formula is C19H29N3O4. The molecule has 0 saturated heterocycles. The number of nitrogens with zero attached hydrogens (tertiary/aromatic N) is 1. The van der Waals surface area contributed by atoms with E-state index in [9.17, 15) is 14.4 Å². The first-order chi connectivity index (χ1) is 12.3. The van der Waals surface area contributed by atoms with E-state index in [1.165, 1.54) is 0 Å². The number of carboxylic acids is 1. The number of carbonyl (C=O) groups is 3. The Balaban J connectivity index is 2.70. The molecule has 3 N–H and O–H groups in total. The minimum Gasteiger partial charge on any atom is -0.481 e. The number of hydrogen-bond donors (Lipinski definition) is 3. The lowest BCUT2D eigenvalue weighted by atomic mass is 10.0. The second-order valence-corrected chi connectivity index (χ2v) is 6.54. The third kappa shape index (κ3) is 7.63. The van der Waals surface area contributed by atoms with E-state index >= 15 is 0 Å². The first kappa shape index (κ1) is 21.6. The maximum atomic E-state index is 12.3. The first-order valence-electron chi connectivity index (χ1n) is 9.15. The van der Waals surface area contributed by atoms with Crippen LogP contribution < -0.4 is 10.6 Å². The molecule has 0 radical (unpaired) electrons. The highest BCUT2D eigenvalue weighted by molar-refractivity contribution is 5.96. The third-order valence-corrected chi connectivity index (χ3v) is 3.87. The van der Waals surface area contributed by atoms with E-state index < -0.39 is 5.97 Å². The van der Waals surface area contributed by atoms with Crippen LogP contribution in [0, 0.1) is 0 Å². The summed E-state index contributed by atoms with van der Waals surface area (Å²) < 4.78 is 0. The summed E-state index contributed by atoms with van der Waals surface area (Å²) in [6.07, 6.45) is 2.99. The molecule has 0 aliphatic rings. The van der Waals surface area contributed by atoms with E-state index in [0.717, 1.165) is 18.4 Å². The summed E-state index contributed by atoms with van der Waals surface area (Å²) >= 11 is 0. The van der Waals surface area contributed by atoms with Gasteiger partial charge in [0.05, 0.1) is 0 Å². The van der Waals surface area contributed by atoms with E-state index in [1.807, 2.05) is 20.8 Å². The molecule has 0 atom stereocenters. The summed E-state index contributed by atoms with van der Waals surface area (Å²) in [4.78, 5) is 39.2. The molecule has 1 heterocycles. The molecule has 26 heavy (non-hydrogen) atoms. The van der Waals surface area contributed by atoms with E-state index in [2.05, 4.69) is 15.6 Å². The first-order valence-corrected chi connectivity index (χ1v) is 9.15. The number of unbranched alkanes of at least 4 members (excludes halogenated alkanes) is 2. The molecule has 0 fully saturated rings. The Kier molecular flexibility index (Phi) is 9.33. The van der Waals surface area contributed by atoms with Gasteiger partial charge in [0.1, 0.15) is 11.4 Å². The van der Waals surface area contributed by atoms with Crippen molar-refractivity contribution in [3.05, 3.63) is 29.1 Å². The monoisotopic (exact) mass is 363 g/mol. The van der Waals surface area contributed by atoms with Crippen molar-refractivity contribution in [1.82, 2.24) is 15.6 Å². The van der Waals surface area contributed by atoms with Gasteiger partial charge >= 0.3 is 5.97 Å². The average Bonchev–Trinajstić information content (AvgIpc) is 2.61. The van der Waals surface area contributed by atoms with E-state index in [4.69, 9.17) is 5.11 Å². The van der Waals surface area contributed by atoms with Gasteiger partial charge in [-0.15, -0.1) is 0 Å². The highest BCUT2D eigenvalue weighted by Gasteiger charge is 2.15. The van der Waals surface area contributed by atoms with Crippen LogP contribution in [0.5, 0.6) is 0 Å². The summed E-state index contributed by atoms with van der Waals surface area (Å²) in [5.74, 6) is -1.25. The van der Waals surface area contributed by atoms with Gasteiger partial charge in [-0.05, 0) is 42.9 Å². The average molecular weight is 363 g/mol. The largest absolute Gasteiger partial charge is 0.481 e. The van der Waals surface area contributed by atoms with Crippen molar-refractivity contribution >= 4 is 17.8 Å². The minimum absolute atomic E-state index is 0.141. The van der Waals surface area contributed by atoms with Gasteiger partial charge in [-0.1, -0.05) is 27.2 Å². The van der Waals surface area contributed by atoms with Crippen LogP contribution in [-0.4, -0.2) is 41.0 Å². The van der Waals surface area contributed by atoms with Gasteiger partial charge in [-0.2, -0.15) is 0 Å². The Labute approximate surface area is 154 Å². The molecule has 0 aromatic carbocycles. The molecule has 7 nitrogen and oxygen atoms in total. The van der Waals surface area contributed by atoms with Crippen molar-refractivity contribution in [2.45, 2.75) is 58.8 Å². The fourth-order valence-corrected chi connectivity index (χ4v) is 2.32. The second kappa shape index (κ2) is 11.2. The van der Waals surface area contributed by atoms with Gasteiger partial charge in [0.15, 0.2) is 0 Å². The summed E-state index contributed by atoms with van der Waals surface area (Å²) in [7, 11) is 0. The van der Waals surface area contributed by atoms with Crippen molar-refractivity contribution in [2.75, 3.05) is 13.1 Å². The molecular weight excluding hydrogens is 334 g/mol. The molecule has 7 heteroatoms. The number of pyridine rings is 1. The van der Waals surface area contributed by atoms with Crippen LogP contribution >= 0.6 is 0 Å². The number of carbonyl (C=O) groups excluding carboxylic acids is 2. The number of amides is 2. The summed E-state index contributed by atoms with van der Waals surface area (Å²) in [5.41, 5.74) is 1.35. The molecule has 0 bridgehead atoms. The Morgan fingerprint density at radius 3 is 2.08 bits per heavy atom. The molecule has 0 unspecified atom stereocenters. The van der Waals surface area contributed by atoms with Crippen molar-refractivity contribution < 1.29 is 19.5 Å². The normalized spacial score (nSPS) is 10.6. The fourth-order valence-electron chi connectivity index (χ4n) is 2.32. The quantitative estimate of drug-likeness (QED) is 0.524. The zero-order valence-electron chi connectivity index (χ0n) is 15.8. The predicted molar refractivity (Wildman–Crippen MR) is 99.4 cm³/mol. The number of rotatable bonds is 11. The Morgan fingerprint density at radius 1 is 1.00 bits per heavy atom. The number of hydrogen-bond acceptors (Lipinski definition) is 4. The van der Waals surface area contributed by atoms with E-state index in [1.54, 1.807) is 12.1 Å². The highest BCUT2D eigenvalue weighted by Crippen LogP contribution is 2.16. The molecule has 0 aliphatic carbocycles. The summed E-state index contributed by atoms with van der Waals surface area (Å²) in [5, 5.41) is 14.1. The van der Waals surface area contributed by atoms with Crippen LogP contribution in [0.4, 0.5) is 0 Å². The smallest absolute Gasteiger partial charge is 0.303 e. The maximum absolute atomic E-state index is 12.3. The molecule has 0 aliphatic heterocycles. The molecule has 0 saturated carbocycles. The molecule has 144 valence electrons. The molecule has 0 spiro atoms. The number of nitrogens with one attached hydrogen (secondary N) is 2. The van der Waals surface area contributed by atoms with Crippen LogP contribution in [0.25, 0.3) is 0 Å². The van der Waals surface area contributed by atoms with Gasteiger partial charge < -0.3 is 15.7 Å². The van der Waals surface area contributed by atoms with Crippen molar-refractivity contribution in [3.8, 4) is 0 Å². The van der Waals surface area contributed by atoms with Crippen molar-refractivity contribution in [2.24, 2.45) is 0 Å². The zero-order chi connectivity index (χ0) is 19.5. The number of aliphatic carboxylic acids is 1. The summed E-state index contributed by atoms with van der Waals surface area (Å²) in [6.45, 7) is 6.96. The van der Waals surface area contributed by atoms with Crippen LogP contribution in [0.15, 0.2) is 12.1 Å². The second-order valence-electron chi connectivity index (χ2n) is 6.54. The lowest BCUT2D eigenvalue weighted by molar-refractivity contribution is -0.137. The zero-order valence-corrected chi connectivity index (χ0v) is 15.8. The maximum Gasteiger partial charge on any atom is 0.303 e. The van der Waals surface area contributed by atoms with Gasteiger partial charge in [0.25, 0.3) is 11.8 Å². The predicted octanol–water partition coefficient (Wildman–Crippen LogP) is 2.72. The SMILES string of the molecule is CCCNC(=O)c1cc(C(C)C)cc(C(=O)NCCCCCC(=O)O)n1. The number of aromatic nitrogens is 1. The van der Waals surface area contributed by atoms with Crippen molar-refractivity contribution in [3.63, 3.8) is 0 Å². The highest BCUT2D eigenvalue weighted by atomic mass is 16.4. The minimum atomic E-state index is -0.808. The van der Waals surface area contributed by atoms with Crippen LogP contribution in [-0.2, 0) is 4.79 Å². The van der Waals surface area contributed by atoms with Crippen LogP contribution in [0.3, 0.4) is 0 Å². The Bertz CT molecular complexity index is 629. The van der Waals surface area contributed by atoms with Gasteiger partial charge in [0.2, 0.25) is 0 Å². The third-order valence-electron chi connectivity index (χ3n) is 3.87. The van der Waals surface area contributed by atoms with E-state index in [0.29, 0.717) is 25.9 Å². The Hall–Kier alpha value is -2.44. The Morgan fingerprint density at radius 2 is 1.58 bits per heavy atom. The standard InChI is InChI=1S/C19H29N3O4/c1-4-9-20-18(25)15-11-14(13(2)3)12-16(22-15)19(26)21-10-7-5-6-8-17(23)24/h11-13H,4-10H2,1-3H3,(H,20,25)(H,21,26)(H,23,24). The van der Waals surface area contributed by atoms with Crippen molar-refractivity contribution in [1.29, 1.82) is 0 Å². The van der Waals surface area contributed by atoms with E-state index in [-0.39, 0.29) is 35.5 Å². The summed E-state index contributed by atoms with van der Waals surface area (Å²) in [6, 6.07) is 3.43. The van der Waals surface area contributed by atoms with Crippen LogP contribution in [0.1, 0.15) is 85.3 Å².